The zero-order valence-electron chi connectivity index (χ0n) is 10.7. The minimum absolute atomic E-state index is 0.0509. The van der Waals surface area contributed by atoms with Gasteiger partial charge in [0.2, 0.25) is 10.0 Å². The van der Waals surface area contributed by atoms with Gasteiger partial charge in [-0.05, 0) is 36.0 Å². The van der Waals surface area contributed by atoms with E-state index in [2.05, 4.69) is 10.3 Å². The molecule has 0 aliphatic carbocycles. The van der Waals surface area contributed by atoms with Crippen LogP contribution in [0, 0.1) is 10.1 Å². The van der Waals surface area contributed by atoms with Crippen LogP contribution in [0.25, 0.3) is 0 Å². The molecule has 1 heterocycles. The van der Waals surface area contributed by atoms with Gasteiger partial charge in [0, 0.05) is 19.7 Å². The van der Waals surface area contributed by atoms with Gasteiger partial charge in [-0.15, -0.1) is 0 Å². The Kier molecular flexibility index (Phi) is 5.33. The van der Waals surface area contributed by atoms with Gasteiger partial charge in [0.05, 0.1) is 0 Å². The third kappa shape index (κ3) is 3.94. The fraction of sp³-hybridized carbons (Fsp3) is 0.500. The number of aromatic nitrogens is 1. The maximum absolute atomic E-state index is 12.1. The number of nitro groups is 1. The fourth-order valence-corrected chi connectivity index (χ4v) is 2.57. The van der Waals surface area contributed by atoms with Gasteiger partial charge in [-0.25, -0.2) is 12.7 Å². The van der Waals surface area contributed by atoms with E-state index in [0.717, 1.165) is 12.3 Å². The first-order valence-electron chi connectivity index (χ1n) is 5.61. The zero-order chi connectivity index (χ0) is 14.5. The summed E-state index contributed by atoms with van der Waals surface area (Å²) in [6, 6.07) is 2.27. The molecule has 1 aromatic heterocycles. The van der Waals surface area contributed by atoms with Crippen molar-refractivity contribution in [2.24, 2.45) is 0 Å². The lowest BCUT2D eigenvalue weighted by molar-refractivity contribution is -0.389. The highest BCUT2D eigenvalue weighted by molar-refractivity contribution is 7.89. The van der Waals surface area contributed by atoms with Crippen LogP contribution in [0.4, 0.5) is 5.82 Å². The van der Waals surface area contributed by atoms with Crippen LogP contribution in [-0.4, -0.2) is 49.8 Å². The Morgan fingerprint density at radius 1 is 1.47 bits per heavy atom. The molecule has 0 fully saturated rings. The molecule has 0 saturated heterocycles. The van der Waals surface area contributed by atoms with E-state index in [1.165, 1.54) is 17.4 Å². The third-order valence-corrected chi connectivity index (χ3v) is 4.36. The van der Waals surface area contributed by atoms with Gasteiger partial charge in [0.25, 0.3) is 0 Å². The van der Waals surface area contributed by atoms with Crippen LogP contribution in [0.15, 0.2) is 23.2 Å². The molecular weight excluding hydrogens is 272 g/mol. The van der Waals surface area contributed by atoms with Crippen molar-refractivity contribution in [2.75, 3.05) is 27.2 Å². The molecule has 1 N–H and O–H groups in total. The van der Waals surface area contributed by atoms with Crippen LogP contribution < -0.4 is 5.32 Å². The second kappa shape index (κ2) is 6.55. The minimum Gasteiger partial charge on any atom is -0.358 e. The second-order valence-corrected chi connectivity index (χ2v) is 5.94. The quantitative estimate of drug-likeness (QED) is 0.437. The first-order chi connectivity index (χ1) is 8.89. The summed E-state index contributed by atoms with van der Waals surface area (Å²) < 4.78 is 25.4. The summed E-state index contributed by atoms with van der Waals surface area (Å²) in [5, 5.41) is 13.4. The predicted octanol–water partition coefficient (Wildman–Crippen LogP) is 0.220. The molecule has 0 aliphatic heterocycles. The third-order valence-electron chi connectivity index (χ3n) is 2.52. The number of nitrogens with zero attached hydrogens (tertiary/aromatic N) is 3. The average molecular weight is 288 g/mol. The van der Waals surface area contributed by atoms with Crippen LogP contribution in [0.5, 0.6) is 0 Å². The number of pyridine rings is 1. The Balaban J connectivity index is 2.84. The molecule has 106 valence electrons. The number of rotatable bonds is 7. The molecule has 0 spiro atoms. The number of hydrogen-bond donors (Lipinski definition) is 1. The molecule has 0 radical (unpaired) electrons. The van der Waals surface area contributed by atoms with E-state index in [9.17, 15) is 18.5 Å². The molecule has 1 aromatic rings. The van der Waals surface area contributed by atoms with Gasteiger partial charge >= 0.3 is 5.82 Å². The number of sulfonamides is 1. The summed E-state index contributed by atoms with van der Waals surface area (Å²) in [6.45, 7) is 1.07. The van der Waals surface area contributed by atoms with Gasteiger partial charge in [0.15, 0.2) is 6.20 Å². The highest BCUT2D eigenvalue weighted by atomic mass is 32.2. The molecule has 1 rings (SSSR count). The minimum atomic E-state index is -3.64. The molecule has 0 aromatic carbocycles. The molecule has 0 bridgehead atoms. The van der Waals surface area contributed by atoms with Gasteiger partial charge in [-0.3, -0.25) is 0 Å². The van der Waals surface area contributed by atoms with Crippen molar-refractivity contribution in [3.8, 4) is 0 Å². The molecule has 0 unspecified atom stereocenters. The Hall–Kier alpha value is -1.58. The summed E-state index contributed by atoms with van der Waals surface area (Å²) in [5.74, 6) is -0.378. The van der Waals surface area contributed by atoms with Crippen LogP contribution in [0.1, 0.15) is 6.42 Å². The molecule has 19 heavy (non-hydrogen) atoms. The van der Waals surface area contributed by atoms with Crippen molar-refractivity contribution in [1.29, 1.82) is 0 Å². The SMILES string of the molecule is CNCCCN(C)S(=O)(=O)c1ccc([N+](=O)[O-])nc1. The Labute approximate surface area is 111 Å². The summed E-state index contributed by atoms with van der Waals surface area (Å²) >= 11 is 0. The van der Waals surface area contributed by atoms with Gasteiger partial charge in [-0.2, -0.15) is 0 Å². The summed E-state index contributed by atoms with van der Waals surface area (Å²) in [5.41, 5.74) is 0. The second-order valence-electron chi connectivity index (χ2n) is 3.89. The average Bonchev–Trinajstić information content (AvgIpc) is 2.39. The van der Waals surface area contributed by atoms with Crippen molar-refractivity contribution in [1.82, 2.24) is 14.6 Å². The lowest BCUT2D eigenvalue weighted by atomic mass is 10.4. The topological polar surface area (TPSA) is 105 Å². The highest BCUT2D eigenvalue weighted by Gasteiger charge is 2.22. The van der Waals surface area contributed by atoms with E-state index in [4.69, 9.17) is 0 Å². The van der Waals surface area contributed by atoms with Crippen LogP contribution in [-0.2, 0) is 10.0 Å². The monoisotopic (exact) mass is 288 g/mol. The van der Waals surface area contributed by atoms with E-state index in [1.807, 2.05) is 0 Å². The number of hydrogen-bond acceptors (Lipinski definition) is 6. The molecule has 0 amide bonds. The van der Waals surface area contributed by atoms with Crippen LogP contribution >= 0.6 is 0 Å². The van der Waals surface area contributed by atoms with Gasteiger partial charge in [0.1, 0.15) is 4.90 Å². The summed E-state index contributed by atoms with van der Waals surface area (Å²) in [4.78, 5) is 13.2. The Morgan fingerprint density at radius 2 is 2.16 bits per heavy atom. The predicted molar refractivity (Wildman–Crippen MR) is 69.3 cm³/mol. The van der Waals surface area contributed by atoms with E-state index < -0.39 is 14.9 Å². The molecule has 0 atom stereocenters. The van der Waals surface area contributed by atoms with Crippen molar-refractivity contribution in [2.45, 2.75) is 11.3 Å². The smallest absolute Gasteiger partial charge is 0.358 e. The van der Waals surface area contributed by atoms with Crippen molar-refractivity contribution in [3.63, 3.8) is 0 Å². The normalized spacial score (nSPS) is 11.7. The van der Waals surface area contributed by atoms with E-state index >= 15 is 0 Å². The largest absolute Gasteiger partial charge is 0.363 e. The highest BCUT2D eigenvalue weighted by Crippen LogP contribution is 2.16. The maximum Gasteiger partial charge on any atom is 0.363 e. The van der Waals surface area contributed by atoms with Crippen molar-refractivity contribution >= 4 is 15.8 Å². The first-order valence-corrected chi connectivity index (χ1v) is 7.05. The molecule has 0 saturated carbocycles. The summed E-state index contributed by atoms with van der Waals surface area (Å²) in [6.07, 6.45) is 1.68. The lowest BCUT2D eigenvalue weighted by Crippen LogP contribution is -2.29. The standard InChI is InChI=1S/C10H16N4O4S/c1-11-6-3-7-13(2)19(17,18)9-4-5-10(12-8-9)14(15)16/h4-5,8,11H,3,6-7H2,1-2H3. The lowest BCUT2D eigenvalue weighted by Gasteiger charge is -2.16. The van der Waals surface area contributed by atoms with Crippen LogP contribution in [0.2, 0.25) is 0 Å². The van der Waals surface area contributed by atoms with Crippen LogP contribution in [0.3, 0.4) is 0 Å². The molecule has 0 aliphatic rings. The molecule has 8 nitrogen and oxygen atoms in total. The fourth-order valence-electron chi connectivity index (χ4n) is 1.41. The van der Waals surface area contributed by atoms with Crippen molar-refractivity contribution < 1.29 is 13.3 Å². The Bertz CT molecular complexity index is 529. The van der Waals surface area contributed by atoms with Gasteiger partial charge < -0.3 is 15.4 Å². The van der Waals surface area contributed by atoms with E-state index in [1.54, 1.807) is 7.05 Å². The summed E-state index contributed by atoms with van der Waals surface area (Å²) in [7, 11) is -0.390. The maximum atomic E-state index is 12.1. The van der Waals surface area contributed by atoms with Crippen molar-refractivity contribution in [3.05, 3.63) is 28.4 Å². The zero-order valence-corrected chi connectivity index (χ0v) is 11.6. The Morgan fingerprint density at radius 3 is 2.63 bits per heavy atom. The van der Waals surface area contributed by atoms with E-state index in [-0.39, 0.29) is 10.7 Å². The molecule has 9 heteroatoms. The van der Waals surface area contributed by atoms with E-state index in [0.29, 0.717) is 19.5 Å². The first kappa shape index (κ1) is 15.5. The number of nitrogens with one attached hydrogen (secondary N) is 1. The molecular formula is C10H16N4O4S. The van der Waals surface area contributed by atoms with Gasteiger partial charge in [-0.1, -0.05) is 0 Å².